The Morgan fingerprint density at radius 1 is 0.424 bits per heavy atom. The highest BCUT2D eigenvalue weighted by Crippen LogP contribution is 2.57. The summed E-state index contributed by atoms with van der Waals surface area (Å²) in [6, 6.07) is 29.9. The highest BCUT2D eigenvalue weighted by atomic mass is 32.2. The minimum atomic E-state index is 0.0400. The van der Waals surface area contributed by atoms with Gasteiger partial charge in [-0.05, 0) is 114 Å². The molecule has 2 aliphatic carbocycles. The number of rotatable bonds is 26. The van der Waals surface area contributed by atoms with E-state index in [0.717, 1.165) is 12.2 Å². The van der Waals surface area contributed by atoms with Gasteiger partial charge in [-0.15, -0.1) is 0 Å². The molecule has 0 saturated carbocycles. The summed E-state index contributed by atoms with van der Waals surface area (Å²) >= 11 is 1.49. The number of thioether (sulfide) groups is 1. The van der Waals surface area contributed by atoms with Crippen LogP contribution in [0.2, 0.25) is 0 Å². The topological polar surface area (TPSA) is 17.1 Å². The highest BCUT2D eigenvalue weighted by molar-refractivity contribution is 8.13. The molecule has 2 heteroatoms. The molecule has 6 rings (SSSR count). The van der Waals surface area contributed by atoms with Crippen molar-refractivity contribution in [1.82, 2.24) is 0 Å². The minimum absolute atomic E-state index is 0.0400. The molecule has 0 radical (unpaired) electrons. The molecule has 0 saturated heterocycles. The quantitative estimate of drug-likeness (QED) is 0.0588. The van der Waals surface area contributed by atoms with Gasteiger partial charge < -0.3 is 0 Å². The summed E-state index contributed by atoms with van der Waals surface area (Å²) < 4.78 is 0. The number of carbonyl (C=O) groups excluding carboxylic acids is 1. The third kappa shape index (κ3) is 10.7. The molecular formula is C57H78OS. The van der Waals surface area contributed by atoms with Crippen LogP contribution in [0.1, 0.15) is 209 Å². The van der Waals surface area contributed by atoms with E-state index in [4.69, 9.17) is 0 Å². The molecule has 0 heterocycles. The number of aryl methyl sites for hydroxylation is 2. The fourth-order valence-corrected chi connectivity index (χ4v) is 11.7. The lowest BCUT2D eigenvalue weighted by Gasteiger charge is -2.34. The van der Waals surface area contributed by atoms with Gasteiger partial charge in [-0.2, -0.15) is 0 Å². The van der Waals surface area contributed by atoms with E-state index in [1.54, 1.807) is 29.2 Å². The van der Waals surface area contributed by atoms with Crippen molar-refractivity contribution in [3.05, 3.63) is 106 Å². The van der Waals surface area contributed by atoms with Gasteiger partial charge in [0.25, 0.3) is 0 Å². The van der Waals surface area contributed by atoms with Gasteiger partial charge >= 0.3 is 0 Å². The van der Waals surface area contributed by atoms with E-state index < -0.39 is 0 Å². The van der Waals surface area contributed by atoms with E-state index in [1.165, 1.54) is 198 Å². The molecular weight excluding hydrogens is 733 g/mol. The van der Waals surface area contributed by atoms with E-state index in [9.17, 15) is 4.79 Å². The molecule has 318 valence electrons. The normalized spacial score (nSPS) is 15.9. The van der Waals surface area contributed by atoms with Crippen LogP contribution in [0.15, 0.2) is 72.8 Å². The zero-order valence-corrected chi connectivity index (χ0v) is 39.0. The minimum Gasteiger partial charge on any atom is -0.288 e. The first kappa shape index (κ1) is 45.4. The lowest BCUT2D eigenvalue weighted by atomic mass is 9.69. The fraction of sp³-hybridized carbons (Fsp3) is 0.561. The standard InChI is InChI=1S/C57H78OS/c1-7-10-13-16-21-34-56(35-22-17-14-11-8-2)52-39-43(4)26-30-48(52)50-32-28-46(41-54(50)56)47-29-33-51-49-31-27-44(5)40-53(49)57(55(51)42-47,36-23-18-15-12-9-3)37-24-19-20-25-38-59-45(6)58/h26-33,39-42H,7-25,34-38H2,1-6H3. The maximum atomic E-state index is 11.6. The lowest BCUT2D eigenvalue weighted by Crippen LogP contribution is -2.26. The molecule has 4 aromatic carbocycles. The zero-order valence-electron chi connectivity index (χ0n) is 38.2. The van der Waals surface area contributed by atoms with Gasteiger partial charge in [0.05, 0.1) is 0 Å². The second kappa shape index (κ2) is 22.1. The Bertz CT molecular complexity index is 1950. The van der Waals surface area contributed by atoms with E-state index in [1.807, 2.05) is 0 Å². The van der Waals surface area contributed by atoms with Crippen molar-refractivity contribution >= 4 is 16.9 Å². The van der Waals surface area contributed by atoms with E-state index in [-0.39, 0.29) is 15.9 Å². The smallest absolute Gasteiger partial charge is 0.185 e. The summed E-state index contributed by atoms with van der Waals surface area (Å²) in [5.74, 6) is 0.955. The maximum Gasteiger partial charge on any atom is 0.185 e. The summed E-state index contributed by atoms with van der Waals surface area (Å²) in [5, 5.41) is 0.246. The van der Waals surface area contributed by atoms with Crippen LogP contribution in [0.25, 0.3) is 33.4 Å². The Balaban J connectivity index is 1.40. The van der Waals surface area contributed by atoms with Crippen molar-refractivity contribution in [3.8, 4) is 33.4 Å². The van der Waals surface area contributed by atoms with Crippen LogP contribution < -0.4 is 0 Å². The fourth-order valence-electron chi connectivity index (χ4n) is 11.1. The van der Waals surface area contributed by atoms with Gasteiger partial charge in [-0.3, -0.25) is 4.79 Å². The molecule has 0 fully saturated rings. The van der Waals surface area contributed by atoms with Gasteiger partial charge in [0.15, 0.2) is 5.12 Å². The predicted octanol–water partition coefficient (Wildman–Crippen LogP) is 17.8. The largest absolute Gasteiger partial charge is 0.288 e. The molecule has 0 aliphatic heterocycles. The Kier molecular flexibility index (Phi) is 17.0. The first-order valence-electron chi connectivity index (χ1n) is 24.4. The number of fused-ring (bicyclic) bond motifs is 6. The average Bonchev–Trinajstić information content (AvgIpc) is 3.65. The monoisotopic (exact) mass is 811 g/mol. The van der Waals surface area contributed by atoms with Crippen LogP contribution in [-0.2, 0) is 15.6 Å². The van der Waals surface area contributed by atoms with Crippen molar-refractivity contribution < 1.29 is 4.79 Å². The second-order valence-electron chi connectivity index (χ2n) is 18.8. The van der Waals surface area contributed by atoms with Crippen LogP contribution in [0.4, 0.5) is 0 Å². The summed E-state index contributed by atoms with van der Waals surface area (Å²) in [6.07, 6.45) is 29.6. The van der Waals surface area contributed by atoms with Gasteiger partial charge in [0, 0.05) is 23.5 Å². The Morgan fingerprint density at radius 3 is 1.10 bits per heavy atom. The molecule has 0 bridgehead atoms. The molecule has 0 spiro atoms. The van der Waals surface area contributed by atoms with Crippen LogP contribution in [0.5, 0.6) is 0 Å². The van der Waals surface area contributed by atoms with Crippen molar-refractivity contribution in [1.29, 1.82) is 0 Å². The van der Waals surface area contributed by atoms with Crippen molar-refractivity contribution in [2.24, 2.45) is 0 Å². The van der Waals surface area contributed by atoms with Crippen molar-refractivity contribution in [2.75, 3.05) is 5.75 Å². The van der Waals surface area contributed by atoms with Crippen LogP contribution in [0, 0.1) is 13.8 Å². The van der Waals surface area contributed by atoms with Gasteiger partial charge in [-0.1, -0.05) is 220 Å². The highest BCUT2D eigenvalue weighted by Gasteiger charge is 2.44. The average molecular weight is 811 g/mol. The van der Waals surface area contributed by atoms with Gasteiger partial charge in [0.2, 0.25) is 0 Å². The second-order valence-corrected chi connectivity index (χ2v) is 20.1. The molecule has 0 N–H and O–H groups in total. The van der Waals surface area contributed by atoms with Gasteiger partial charge in [0.1, 0.15) is 0 Å². The van der Waals surface area contributed by atoms with E-state index >= 15 is 0 Å². The number of hydrogen-bond donors (Lipinski definition) is 0. The van der Waals surface area contributed by atoms with Crippen molar-refractivity contribution in [3.63, 3.8) is 0 Å². The molecule has 1 unspecified atom stereocenters. The molecule has 59 heavy (non-hydrogen) atoms. The Labute approximate surface area is 365 Å². The third-order valence-corrected chi connectivity index (χ3v) is 15.2. The molecule has 1 atom stereocenters. The van der Waals surface area contributed by atoms with Crippen LogP contribution in [-0.4, -0.2) is 10.9 Å². The number of benzene rings is 4. The molecule has 0 amide bonds. The summed E-state index contributed by atoms with van der Waals surface area (Å²) in [4.78, 5) is 11.6. The zero-order chi connectivity index (χ0) is 41.7. The first-order valence-corrected chi connectivity index (χ1v) is 25.4. The lowest BCUT2D eigenvalue weighted by molar-refractivity contribution is -0.109. The van der Waals surface area contributed by atoms with Crippen molar-refractivity contribution in [2.45, 2.75) is 200 Å². The molecule has 0 aromatic heterocycles. The summed E-state index contributed by atoms with van der Waals surface area (Å²) in [7, 11) is 0. The van der Waals surface area contributed by atoms with E-state index in [0.29, 0.717) is 0 Å². The number of hydrogen-bond acceptors (Lipinski definition) is 2. The first-order chi connectivity index (χ1) is 28.8. The predicted molar refractivity (Wildman–Crippen MR) is 260 cm³/mol. The maximum absolute atomic E-state index is 11.6. The number of unbranched alkanes of at least 4 members (excludes halogenated alkanes) is 15. The van der Waals surface area contributed by atoms with Gasteiger partial charge in [-0.25, -0.2) is 0 Å². The van der Waals surface area contributed by atoms with Crippen LogP contribution >= 0.6 is 11.8 Å². The Hall–Kier alpha value is -3.10. The Morgan fingerprint density at radius 2 is 0.746 bits per heavy atom. The summed E-state index contributed by atoms with van der Waals surface area (Å²) in [5.41, 5.74) is 18.0. The molecule has 1 nitrogen and oxygen atoms in total. The SMILES string of the molecule is CCCCCCCC1(CCCCCCC)c2cc(C)ccc2-c2ccc(-c3ccc4c(c3)C(CCCCCCC)(CCCCCCSC(C)=O)c3cc(C)ccc3-4)cc21. The third-order valence-electron chi connectivity index (χ3n) is 14.3. The molecule has 2 aliphatic rings. The number of carbonyl (C=O) groups is 1. The van der Waals surface area contributed by atoms with Crippen LogP contribution in [0.3, 0.4) is 0 Å². The summed E-state index contributed by atoms with van der Waals surface area (Å²) in [6.45, 7) is 13.3. The van der Waals surface area contributed by atoms with E-state index in [2.05, 4.69) is 107 Å². The molecule has 4 aromatic rings.